The van der Waals surface area contributed by atoms with E-state index in [0.717, 1.165) is 0 Å². The average Bonchev–Trinajstić information content (AvgIpc) is 2.14. The monoisotopic (exact) mass is 240 g/mol. The van der Waals surface area contributed by atoms with E-state index in [1.54, 1.807) is 0 Å². The van der Waals surface area contributed by atoms with E-state index < -0.39 is 40.1 Å². The number of aliphatic hydroxyl groups excluding tert-OH is 1. The molecule has 15 heavy (non-hydrogen) atoms. The van der Waals surface area contributed by atoms with Gasteiger partial charge in [0.15, 0.2) is 11.9 Å². The van der Waals surface area contributed by atoms with Crippen LogP contribution in [0.4, 0.5) is 13.2 Å². The highest BCUT2D eigenvalue weighted by atomic mass is 35.5. The Morgan fingerprint density at radius 2 is 1.87 bits per heavy atom. The summed E-state index contributed by atoms with van der Waals surface area (Å²) in [7, 11) is 0. The van der Waals surface area contributed by atoms with Crippen molar-refractivity contribution < 1.29 is 28.2 Å². The molecule has 1 aromatic carbocycles. The smallest absolute Gasteiger partial charge is 0.337 e. The van der Waals surface area contributed by atoms with Gasteiger partial charge in [0.05, 0.1) is 5.56 Å². The van der Waals surface area contributed by atoms with Crippen molar-refractivity contribution >= 4 is 17.6 Å². The molecular formula is C8H4ClF3O3. The highest BCUT2D eigenvalue weighted by Gasteiger charge is 2.27. The fourth-order valence-electron chi connectivity index (χ4n) is 0.954. The van der Waals surface area contributed by atoms with Crippen molar-refractivity contribution in [3.8, 4) is 0 Å². The normalized spacial score (nSPS) is 12.6. The van der Waals surface area contributed by atoms with Crippen molar-refractivity contribution in [1.29, 1.82) is 0 Å². The maximum absolute atomic E-state index is 13.1. The molecule has 2 N–H and O–H groups in total. The van der Waals surface area contributed by atoms with Gasteiger partial charge in [-0.15, -0.1) is 0 Å². The summed E-state index contributed by atoms with van der Waals surface area (Å²) in [5.74, 6) is -6.36. The summed E-state index contributed by atoms with van der Waals surface area (Å²) >= 11 is 5.08. The number of carboxylic acids is 1. The zero-order valence-electron chi connectivity index (χ0n) is 6.97. The minimum Gasteiger partial charge on any atom is -0.479 e. The Kier molecular flexibility index (Phi) is 3.21. The average molecular weight is 241 g/mol. The fourth-order valence-corrected chi connectivity index (χ4v) is 1.11. The van der Waals surface area contributed by atoms with Crippen LogP contribution in [0.25, 0.3) is 0 Å². The van der Waals surface area contributed by atoms with Gasteiger partial charge in [-0.05, 0) is 0 Å². The summed E-state index contributed by atoms with van der Waals surface area (Å²) in [4.78, 5) is 10.3. The number of carboxylic acid groups (broad SMARTS) is 1. The predicted octanol–water partition coefficient (Wildman–Crippen LogP) is 1.88. The van der Waals surface area contributed by atoms with Gasteiger partial charge in [-0.25, -0.2) is 18.0 Å². The van der Waals surface area contributed by atoms with E-state index in [4.69, 9.17) is 21.8 Å². The Bertz CT molecular complexity index is 422. The summed E-state index contributed by atoms with van der Waals surface area (Å²) in [5, 5.41) is 16.2. The van der Waals surface area contributed by atoms with Gasteiger partial charge in [-0.2, -0.15) is 0 Å². The lowest BCUT2D eigenvalue weighted by Gasteiger charge is -2.09. The summed E-state index contributed by atoms with van der Waals surface area (Å²) in [5.41, 5.74) is -1.19. The number of aliphatic carboxylic acids is 1. The van der Waals surface area contributed by atoms with Crippen molar-refractivity contribution in [2.45, 2.75) is 6.10 Å². The van der Waals surface area contributed by atoms with Crippen LogP contribution in [-0.4, -0.2) is 16.2 Å². The predicted molar refractivity (Wildman–Crippen MR) is 43.9 cm³/mol. The van der Waals surface area contributed by atoms with Gasteiger partial charge in [0.2, 0.25) is 0 Å². The van der Waals surface area contributed by atoms with Gasteiger partial charge in [-0.1, -0.05) is 11.6 Å². The molecule has 0 aromatic heterocycles. The molecule has 82 valence electrons. The van der Waals surface area contributed by atoms with Gasteiger partial charge in [0.25, 0.3) is 0 Å². The minimum atomic E-state index is -2.43. The molecule has 0 spiro atoms. The number of aliphatic hydroxyl groups is 1. The SMILES string of the molecule is O=C(O)C(O)c1c(F)cc(F)c(Cl)c1F. The lowest BCUT2D eigenvalue weighted by molar-refractivity contribution is -0.147. The Hall–Kier alpha value is -1.27. The molecule has 0 saturated carbocycles. The van der Waals surface area contributed by atoms with Crippen LogP contribution >= 0.6 is 11.6 Å². The summed E-state index contributed by atoms with van der Waals surface area (Å²) in [6.07, 6.45) is -2.43. The zero-order chi connectivity index (χ0) is 11.7. The molecule has 0 aliphatic rings. The second-order valence-corrected chi connectivity index (χ2v) is 3.00. The number of rotatable bonds is 2. The summed E-state index contributed by atoms with van der Waals surface area (Å²) in [6.45, 7) is 0. The maximum atomic E-state index is 13.1. The van der Waals surface area contributed by atoms with Crippen molar-refractivity contribution in [3.63, 3.8) is 0 Å². The Labute approximate surface area is 86.7 Å². The Morgan fingerprint density at radius 1 is 1.33 bits per heavy atom. The minimum absolute atomic E-state index is 0.201. The third-order valence-electron chi connectivity index (χ3n) is 1.66. The van der Waals surface area contributed by atoms with Crippen LogP contribution in [0.2, 0.25) is 5.02 Å². The van der Waals surface area contributed by atoms with Crippen molar-refractivity contribution in [3.05, 3.63) is 34.1 Å². The molecule has 0 fully saturated rings. The molecule has 0 aliphatic heterocycles. The highest BCUT2D eigenvalue weighted by Crippen LogP contribution is 2.28. The first-order valence-electron chi connectivity index (χ1n) is 3.60. The van der Waals surface area contributed by atoms with E-state index in [9.17, 15) is 18.0 Å². The van der Waals surface area contributed by atoms with E-state index in [1.807, 2.05) is 0 Å². The van der Waals surface area contributed by atoms with Crippen LogP contribution in [0.3, 0.4) is 0 Å². The number of hydrogen-bond acceptors (Lipinski definition) is 2. The Balaban J connectivity index is 3.42. The molecule has 1 aromatic rings. The molecule has 7 heteroatoms. The lowest BCUT2D eigenvalue weighted by Crippen LogP contribution is -2.15. The van der Waals surface area contributed by atoms with Crippen molar-refractivity contribution in [2.24, 2.45) is 0 Å². The second kappa shape index (κ2) is 4.08. The van der Waals surface area contributed by atoms with E-state index >= 15 is 0 Å². The first-order valence-corrected chi connectivity index (χ1v) is 3.97. The van der Waals surface area contributed by atoms with E-state index in [-0.39, 0.29) is 6.07 Å². The largest absolute Gasteiger partial charge is 0.479 e. The molecule has 3 nitrogen and oxygen atoms in total. The van der Waals surface area contributed by atoms with Crippen LogP contribution in [0.1, 0.15) is 11.7 Å². The number of carbonyl (C=O) groups is 1. The van der Waals surface area contributed by atoms with Crippen molar-refractivity contribution in [2.75, 3.05) is 0 Å². The van der Waals surface area contributed by atoms with Gasteiger partial charge in [0.1, 0.15) is 16.7 Å². The topological polar surface area (TPSA) is 57.5 Å². The van der Waals surface area contributed by atoms with E-state index in [2.05, 4.69) is 0 Å². The first kappa shape index (κ1) is 11.8. The number of halogens is 4. The fraction of sp³-hybridized carbons (Fsp3) is 0.125. The third-order valence-corrected chi connectivity index (χ3v) is 2.00. The third kappa shape index (κ3) is 2.05. The highest BCUT2D eigenvalue weighted by molar-refractivity contribution is 6.31. The number of benzene rings is 1. The van der Waals surface area contributed by atoms with Crippen LogP contribution in [0, 0.1) is 17.5 Å². The van der Waals surface area contributed by atoms with Gasteiger partial charge >= 0.3 is 5.97 Å². The molecule has 1 rings (SSSR count). The molecule has 0 heterocycles. The lowest BCUT2D eigenvalue weighted by atomic mass is 10.1. The molecular weight excluding hydrogens is 237 g/mol. The molecule has 0 bridgehead atoms. The Morgan fingerprint density at radius 3 is 2.33 bits per heavy atom. The van der Waals surface area contributed by atoms with Crippen LogP contribution in [0.15, 0.2) is 6.07 Å². The number of hydrogen-bond donors (Lipinski definition) is 2. The van der Waals surface area contributed by atoms with Gasteiger partial charge < -0.3 is 10.2 Å². The molecule has 1 unspecified atom stereocenters. The maximum Gasteiger partial charge on any atom is 0.337 e. The van der Waals surface area contributed by atoms with Crippen molar-refractivity contribution in [1.82, 2.24) is 0 Å². The van der Waals surface area contributed by atoms with Gasteiger partial charge in [-0.3, -0.25) is 0 Å². The van der Waals surface area contributed by atoms with Crippen LogP contribution in [-0.2, 0) is 4.79 Å². The summed E-state index contributed by atoms with van der Waals surface area (Å²) < 4.78 is 38.7. The second-order valence-electron chi connectivity index (χ2n) is 2.62. The van der Waals surface area contributed by atoms with E-state index in [1.165, 1.54) is 0 Å². The molecule has 0 radical (unpaired) electrons. The van der Waals surface area contributed by atoms with Crippen LogP contribution in [0.5, 0.6) is 0 Å². The van der Waals surface area contributed by atoms with Crippen LogP contribution < -0.4 is 0 Å². The molecule has 0 saturated heterocycles. The molecule has 0 aliphatic carbocycles. The first-order chi connectivity index (χ1) is 6.86. The standard InChI is InChI=1S/C8H4ClF3O3/c9-5-3(11)1-2(10)4(6(5)12)7(13)8(14)15/h1,7,13H,(H,14,15). The van der Waals surface area contributed by atoms with Gasteiger partial charge in [0, 0.05) is 6.07 Å². The van der Waals surface area contributed by atoms with E-state index in [0.29, 0.717) is 0 Å². The quantitative estimate of drug-likeness (QED) is 0.613. The molecule has 0 amide bonds. The molecule has 1 atom stereocenters. The zero-order valence-corrected chi connectivity index (χ0v) is 7.73. The summed E-state index contributed by atoms with van der Waals surface area (Å²) in [6, 6.07) is 0.201.